The Labute approximate surface area is 101 Å². The lowest BCUT2D eigenvalue weighted by Crippen LogP contribution is -2.41. The number of rotatable bonds is 9. The lowest BCUT2D eigenvalue weighted by Gasteiger charge is -2.18. The monoisotopic (exact) mass is 228 g/mol. The molecular formula is C13H28N2O. The summed E-state index contributed by atoms with van der Waals surface area (Å²) in [6, 6.07) is -0.0277. The molecule has 0 saturated heterocycles. The third-order valence-electron chi connectivity index (χ3n) is 2.98. The van der Waals surface area contributed by atoms with Crippen molar-refractivity contribution in [3.05, 3.63) is 0 Å². The van der Waals surface area contributed by atoms with Crippen molar-refractivity contribution in [1.82, 2.24) is 10.2 Å². The normalized spacial score (nSPS) is 12.8. The third kappa shape index (κ3) is 7.69. The first-order chi connectivity index (χ1) is 7.59. The van der Waals surface area contributed by atoms with Gasteiger partial charge in [-0.25, -0.2) is 0 Å². The number of carbonyl (C=O) groups is 1. The fourth-order valence-electron chi connectivity index (χ4n) is 1.50. The van der Waals surface area contributed by atoms with Crippen LogP contribution in [0.2, 0.25) is 0 Å². The molecule has 0 aromatic carbocycles. The van der Waals surface area contributed by atoms with E-state index in [0.717, 1.165) is 13.0 Å². The number of carbonyl (C=O) groups excluding carboxylic acids is 1. The Balaban J connectivity index is 3.34. The minimum atomic E-state index is -0.0277. The molecule has 0 saturated carbocycles. The lowest BCUT2D eigenvalue weighted by molar-refractivity contribution is -0.124. The Morgan fingerprint density at radius 2 is 1.69 bits per heavy atom. The highest BCUT2D eigenvalue weighted by atomic mass is 16.2. The van der Waals surface area contributed by atoms with Crippen LogP contribution in [0.1, 0.15) is 52.4 Å². The zero-order chi connectivity index (χ0) is 12.4. The van der Waals surface area contributed by atoms with Crippen molar-refractivity contribution in [3.63, 3.8) is 0 Å². The summed E-state index contributed by atoms with van der Waals surface area (Å²) >= 11 is 0. The van der Waals surface area contributed by atoms with Crippen LogP contribution >= 0.6 is 0 Å². The van der Waals surface area contributed by atoms with Gasteiger partial charge in [0, 0.05) is 6.54 Å². The van der Waals surface area contributed by atoms with Crippen molar-refractivity contribution in [2.24, 2.45) is 0 Å². The third-order valence-corrected chi connectivity index (χ3v) is 2.98. The average molecular weight is 228 g/mol. The highest BCUT2D eigenvalue weighted by Crippen LogP contribution is 2.04. The molecule has 0 bridgehead atoms. The van der Waals surface area contributed by atoms with E-state index in [9.17, 15) is 4.79 Å². The van der Waals surface area contributed by atoms with Crippen LogP contribution in [-0.2, 0) is 4.79 Å². The molecule has 0 aliphatic rings. The Hall–Kier alpha value is -0.570. The van der Waals surface area contributed by atoms with Crippen molar-refractivity contribution < 1.29 is 4.79 Å². The minimum absolute atomic E-state index is 0.0277. The summed E-state index contributed by atoms with van der Waals surface area (Å²) in [6.45, 7) is 4.97. The van der Waals surface area contributed by atoms with E-state index >= 15 is 0 Å². The van der Waals surface area contributed by atoms with Crippen LogP contribution in [0, 0.1) is 0 Å². The van der Waals surface area contributed by atoms with Crippen LogP contribution in [0.25, 0.3) is 0 Å². The summed E-state index contributed by atoms with van der Waals surface area (Å²) in [5.41, 5.74) is 0. The molecule has 1 atom stereocenters. The molecule has 0 fully saturated rings. The van der Waals surface area contributed by atoms with Gasteiger partial charge in [0.15, 0.2) is 0 Å². The number of nitrogens with zero attached hydrogens (tertiary/aromatic N) is 1. The fourth-order valence-corrected chi connectivity index (χ4v) is 1.50. The molecule has 0 radical (unpaired) electrons. The van der Waals surface area contributed by atoms with Crippen molar-refractivity contribution in [2.45, 2.75) is 58.4 Å². The molecule has 0 aliphatic heterocycles. The van der Waals surface area contributed by atoms with Gasteiger partial charge >= 0.3 is 0 Å². The molecule has 0 spiro atoms. The first-order valence-electron chi connectivity index (χ1n) is 6.53. The Morgan fingerprint density at radius 1 is 1.12 bits per heavy atom. The molecular weight excluding hydrogens is 200 g/mol. The van der Waals surface area contributed by atoms with Crippen LogP contribution in [0.3, 0.4) is 0 Å². The quantitative estimate of drug-likeness (QED) is 0.615. The number of unbranched alkanes of at least 4 members (excludes halogenated alkanes) is 5. The summed E-state index contributed by atoms with van der Waals surface area (Å²) in [5, 5.41) is 2.97. The largest absolute Gasteiger partial charge is 0.355 e. The minimum Gasteiger partial charge on any atom is -0.355 e. The Morgan fingerprint density at radius 3 is 2.25 bits per heavy atom. The smallest absolute Gasteiger partial charge is 0.237 e. The van der Waals surface area contributed by atoms with E-state index in [2.05, 4.69) is 12.2 Å². The van der Waals surface area contributed by atoms with E-state index < -0.39 is 0 Å². The number of hydrogen-bond donors (Lipinski definition) is 1. The van der Waals surface area contributed by atoms with Gasteiger partial charge in [-0.2, -0.15) is 0 Å². The van der Waals surface area contributed by atoms with Gasteiger partial charge in [0.05, 0.1) is 6.04 Å². The maximum atomic E-state index is 11.6. The van der Waals surface area contributed by atoms with Gasteiger partial charge in [-0.1, -0.05) is 39.0 Å². The van der Waals surface area contributed by atoms with Gasteiger partial charge in [0.25, 0.3) is 0 Å². The summed E-state index contributed by atoms with van der Waals surface area (Å²) < 4.78 is 0. The highest BCUT2D eigenvalue weighted by molar-refractivity contribution is 5.81. The first kappa shape index (κ1) is 15.4. The van der Waals surface area contributed by atoms with Crippen molar-refractivity contribution in [2.75, 3.05) is 20.6 Å². The van der Waals surface area contributed by atoms with Crippen LogP contribution < -0.4 is 5.32 Å². The van der Waals surface area contributed by atoms with Crippen LogP contribution in [0.15, 0.2) is 0 Å². The van der Waals surface area contributed by atoms with E-state index in [1.165, 1.54) is 32.1 Å². The maximum absolute atomic E-state index is 11.6. The predicted octanol–water partition coefficient (Wildman–Crippen LogP) is 2.41. The van der Waals surface area contributed by atoms with Crippen LogP contribution in [0.4, 0.5) is 0 Å². The van der Waals surface area contributed by atoms with Gasteiger partial charge in [0.2, 0.25) is 5.91 Å². The second-order valence-corrected chi connectivity index (χ2v) is 4.70. The average Bonchev–Trinajstić information content (AvgIpc) is 2.26. The van der Waals surface area contributed by atoms with E-state index in [1.807, 2.05) is 25.9 Å². The summed E-state index contributed by atoms with van der Waals surface area (Å²) in [4.78, 5) is 13.5. The second kappa shape index (κ2) is 9.64. The number of hydrogen-bond acceptors (Lipinski definition) is 2. The molecule has 0 aromatic heterocycles. The summed E-state index contributed by atoms with van der Waals surface area (Å²) in [7, 11) is 3.85. The maximum Gasteiger partial charge on any atom is 0.237 e. The number of likely N-dealkylation sites (N-methyl/N-ethyl adjacent to an activating group) is 1. The molecule has 3 nitrogen and oxygen atoms in total. The fraction of sp³-hybridized carbons (Fsp3) is 0.923. The molecule has 0 aromatic rings. The molecule has 16 heavy (non-hydrogen) atoms. The van der Waals surface area contributed by atoms with Gasteiger partial charge in [-0.05, 0) is 27.4 Å². The van der Waals surface area contributed by atoms with Crippen molar-refractivity contribution in [1.29, 1.82) is 0 Å². The van der Waals surface area contributed by atoms with Crippen molar-refractivity contribution in [3.8, 4) is 0 Å². The van der Waals surface area contributed by atoms with E-state index in [0.29, 0.717) is 0 Å². The van der Waals surface area contributed by atoms with Crippen LogP contribution in [-0.4, -0.2) is 37.5 Å². The molecule has 3 heteroatoms. The van der Waals surface area contributed by atoms with E-state index in [4.69, 9.17) is 0 Å². The van der Waals surface area contributed by atoms with Gasteiger partial charge in [0.1, 0.15) is 0 Å². The second-order valence-electron chi connectivity index (χ2n) is 4.70. The molecule has 0 aliphatic carbocycles. The number of nitrogens with one attached hydrogen (secondary N) is 1. The molecule has 96 valence electrons. The SMILES string of the molecule is CCCCCCCCNC(=O)C(C)N(C)C. The predicted molar refractivity (Wildman–Crippen MR) is 69.5 cm³/mol. The molecule has 1 N–H and O–H groups in total. The lowest BCUT2D eigenvalue weighted by atomic mass is 10.1. The highest BCUT2D eigenvalue weighted by Gasteiger charge is 2.13. The van der Waals surface area contributed by atoms with Crippen LogP contribution in [0.5, 0.6) is 0 Å². The van der Waals surface area contributed by atoms with E-state index in [1.54, 1.807) is 0 Å². The van der Waals surface area contributed by atoms with Gasteiger partial charge in [-0.3, -0.25) is 9.69 Å². The van der Waals surface area contributed by atoms with E-state index in [-0.39, 0.29) is 11.9 Å². The van der Waals surface area contributed by atoms with Gasteiger partial charge < -0.3 is 5.32 Å². The Kier molecular flexibility index (Phi) is 9.30. The zero-order valence-corrected chi connectivity index (χ0v) is 11.4. The summed E-state index contributed by atoms with van der Waals surface area (Å²) in [6.07, 6.45) is 7.60. The molecule has 1 unspecified atom stereocenters. The Bertz CT molecular complexity index is 181. The molecule has 0 heterocycles. The molecule has 0 rings (SSSR count). The van der Waals surface area contributed by atoms with Crippen molar-refractivity contribution >= 4 is 5.91 Å². The topological polar surface area (TPSA) is 32.3 Å². The molecule has 1 amide bonds. The van der Waals surface area contributed by atoms with Gasteiger partial charge in [-0.15, -0.1) is 0 Å². The first-order valence-corrected chi connectivity index (χ1v) is 6.53. The zero-order valence-electron chi connectivity index (χ0n) is 11.4. The standard InChI is InChI=1S/C13H28N2O/c1-5-6-7-8-9-10-11-14-13(16)12(2)15(3)4/h12H,5-11H2,1-4H3,(H,14,16). The summed E-state index contributed by atoms with van der Waals surface area (Å²) in [5.74, 6) is 0.138. The number of amides is 1.